The van der Waals surface area contributed by atoms with Crippen molar-refractivity contribution in [1.82, 2.24) is 19.9 Å². The Morgan fingerprint density at radius 1 is 1.50 bits per heavy atom. The molecule has 0 aliphatic carbocycles. The van der Waals surface area contributed by atoms with Crippen LogP contribution in [0.4, 0.5) is 0 Å². The lowest BCUT2D eigenvalue weighted by molar-refractivity contribution is 0.0556. The normalized spacial score (nSPS) is 14.0. The number of nitrogens with zero attached hydrogens (tertiary/aromatic N) is 3. The number of rotatable bonds is 4. The second kappa shape index (κ2) is 5.51. The first-order chi connectivity index (χ1) is 10.5. The van der Waals surface area contributed by atoms with Crippen molar-refractivity contribution in [2.45, 2.75) is 12.5 Å². The lowest BCUT2D eigenvalue weighted by Gasteiger charge is -2.22. The van der Waals surface area contributed by atoms with Crippen LogP contribution >= 0.6 is 11.3 Å². The first-order valence-electron chi connectivity index (χ1n) is 6.79. The predicted octanol–water partition coefficient (Wildman–Crippen LogP) is 1.67. The third kappa shape index (κ3) is 2.72. The number of fused-ring (bicyclic) bond motifs is 1. The largest absolute Gasteiger partial charge is 0.383 e. The summed E-state index contributed by atoms with van der Waals surface area (Å²) in [5.41, 5.74) is 0.724. The summed E-state index contributed by atoms with van der Waals surface area (Å²) in [5.74, 6) is -0.281. The van der Waals surface area contributed by atoms with E-state index in [0.717, 1.165) is 10.5 Å². The molecule has 0 fully saturated rings. The van der Waals surface area contributed by atoms with E-state index in [9.17, 15) is 9.90 Å². The molecule has 22 heavy (non-hydrogen) atoms. The zero-order valence-electron chi connectivity index (χ0n) is 12.3. The van der Waals surface area contributed by atoms with Crippen LogP contribution in [0.1, 0.15) is 22.2 Å². The Morgan fingerprint density at radius 2 is 2.32 bits per heavy atom. The molecule has 3 aromatic heterocycles. The number of aryl methyl sites for hydroxylation is 1. The number of imidazole rings is 1. The van der Waals surface area contributed by atoms with Gasteiger partial charge in [0.05, 0.1) is 18.4 Å². The monoisotopic (exact) mass is 316 g/mol. The lowest BCUT2D eigenvalue weighted by atomic mass is 10.1. The number of hydrogen-bond acceptors (Lipinski definition) is 5. The minimum Gasteiger partial charge on any atom is -0.383 e. The van der Waals surface area contributed by atoms with Gasteiger partial charge in [-0.3, -0.25) is 4.79 Å². The quantitative estimate of drug-likeness (QED) is 0.767. The highest BCUT2D eigenvalue weighted by atomic mass is 32.1. The Morgan fingerprint density at radius 3 is 3.05 bits per heavy atom. The van der Waals surface area contributed by atoms with Crippen LogP contribution in [-0.4, -0.2) is 32.1 Å². The second-order valence-corrected chi connectivity index (χ2v) is 6.30. The van der Waals surface area contributed by atoms with Crippen molar-refractivity contribution >= 4 is 28.4 Å². The molecule has 6 nitrogen and oxygen atoms in total. The Bertz CT molecular complexity index is 808. The van der Waals surface area contributed by atoms with E-state index < -0.39 is 5.60 Å². The maximum atomic E-state index is 12.2. The summed E-state index contributed by atoms with van der Waals surface area (Å²) in [6.45, 7) is 1.81. The number of hydrogen-bond donors (Lipinski definition) is 2. The van der Waals surface area contributed by atoms with Crippen molar-refractivity contribution in [3.8, 4) is 0 Å². The molecule has 0 radical (unpaired) electrons. The maximum absolute atomic E-state index is 12.2. The van der Waals surface area contributed by atoms with E-state index in [1.54, 1.807) is 23.9 Å². The van der Waals surface area contributed by atoms with E-state index in [-0.39, 0.29) is 12.5 Å². The fraction of sp³-hybridized carbons (Fsp3) is 0.267. The van der Waals surface area contributed by atoms with Gasteiger partial charge in [0.25, 0.3) is 5.91 Å². The lowest BCUT2D eigenvalue weighted by Crippen LogP contribution is -2.38. The van der Waals surface area contributed by atoms with Crippen molar-refractivity contribution in [3.05, 3.63) is 46.5 Å². The molecule has 1 atom stereocenters. The van der Waals surface area contributed by atoms with Crippen molar-refractivity contribution in [1.29, 1.82) is 0 Å². The summed E-state index contributed by atoms with van der Waals surface area (Å²) in [6.07, 6.45) is 3.17. The van der Waals surface area contributed by atoms with Crippen molar-refractivity contribution in [2.75, 3.05) is 6.54 Å². The highest BCUT2D eigenvalue weighted by Crippen LogP contribution is 2.24. The van der Waals surface area contributed by atoms with Crippen LogP contribution in [-0.2, 0) is 12.6 Å². The molecular formula is C15H16N4O2S. The first kappa shape index (κ1) is 14.7. The van der Waals surface area contributed by atoms with Crippen LogP contribution < -0.4 is 5.32 Å². The maximum Gasteiger partial charge on any atom is 0.253 e. The highest BCUT2D eigenvalue weighted by molar-refractivity contribution is 7.10. The standard InChI is InChI=1S/C15H16N4O2S/c1-15(21,12-4-3-5-22-12)8-17-14(20)10-6-11-13(16-7-10)19(2)9-18-11/h3-7,9,21H,8H2,1-2H3,(H,17,20). The molecule has 3 aromatic rings. The van der Waals surface area contributed by atoms with E-state index in [4.69, 9.17) is 0 Å². The third-order valence-electron chi connectivity index (χ3n) is 3.46. The van der Waals surface area contributed by atoms with Gasteiger partial charge in [-0.15, -0.1) is 11.3 Å². The number of aliphatic hydroxyl groups is 1. The minimum atomic E-state index is -1.09. The SMILES string of the molecule is Cn1cnc2cc(C(=O)NCC(C)(O)c3cccs3)cnc21. The van der Waals surface area contributed by atoms with Gasteiger partial charge in [0.15, 0.2) is 5.65 Å². The van der Waals surface area contributed by atoms with Crippen LogP contribution in [0.2, 0.25) is 0 Å². The molecule has 3 heterocycles. The Kier molecular flexibility index (Phi) is 3.67. The van der Waals surface area contributed by atoms with E-state index in [2.05, 4.69) is 15.3 Å². The third-order valence-corrected chi connectivity index (χ3v) is 4.58. The number of thiophene rings is 1. The van der Waals surface area contributed by atoms with E-state index in [0.29, 0.717) is 11.1 Å². The van der Waals surface area contributed by atoms with Crippen LogP contribution in [0.15, 0.2) is 36.1 Å². The topological polar surface area (TPSA) is 80.0 Å². The van der Waals surface area contributed by atoms with Crippen molar-refractivity contribution in [2.24, 2.45) is 7.05 Å². The fourth-order valence-electron chi connectivity index (χ4n) is 2.17. The Balaban J connectivity index is 1.73. The Hall–Kier alpha value is -2.25. The van der Waals surface area contributed by atoms with Crippen LogP contribution in [0, 0.1) is 0 Å². The summed E-state index contributed by atoms with van der Waals surface area (Å²) in [7, 11) is 1.85. The molecule has 0 saturated carbocycles. The van der Waals surface area contributed by atoms with Gasteiger partial charge < -0.3 is 15.0 Å². The van der Waals surface area contributed by atoms with Crippen LogP contribution in [0.5, 0.6) is 0 Å². The number of amides is 1. The van der Waals surface area contributed by atoms with E-state index >= 15 is 0 Å². The number of carbonyl (C=O) groups excluding carboxylic acids is 1. The second-order valence-electron chi connectivity index (χ2n) is 5.36. The van der Waals surface area contributed by atoms with Gasteiger partial charge in [0, 0.05) is 18.1 Å². The number of carbonyl (C=O) groups is 1. The summed E-state index contributed by atoms with van der Waals surface area (Å²) in [4.78, 5) is 21.4. The zero-order valence-corrected chi connectivity index (χ0v) is 13.1. The Labute approximate surface area is 131 Å². The molecule has 2 N–H and O–H groups in total. The van der Waals surface area contributed by atoms with Gasteiger partial charge in [0.1, 0.15) is 11.1 Å². The predicted molar refractivity (Wildman–Crippen MR) is 84.7 cm³/mol. The van der Waals surface area contributed by atoms with Crippen LogP contribution in [0.3, 0.4) is 0 Å². The molecule has 3 rings (SSSR count). The molecule has 0 spiro atoms. The van der Waals surface area contributed by atoms with Gasteiger partial charge >= 0.3 is 0 Å². The van der Waals surface area contributed by atoms with Gasteiger partial charge in [-0.05, 0) is 24.4 Å². The summed E-state index contributed by atoms with van der Waals surface area (Å²) < 4.78 is 1.79. The molecule has 0 aliphatic heterocycles. The molecule has 0 bridgehead atoms. The molecule has 1 unspecified atom stereocenters. The zero-order chi connectivity index (χ0) is 15.7. The minimum absolute atomic E-state index is 0.132. The first-order valence-corrected chi connectivity index (χ1v) is 7.67. The van der Waals surface area contributed by atoms with Gasteiger partial charge in [-0.1, -0.05) is 6.07 Å². The molecule has 114 valence electrons. The van der Waals surface area contributed by atoms with E-state index in [1.165, 1.54) is 17.5 Å². The highest BCUT2D eigenvalue weighted by Gasteiger charge is 2.25. The number of aromatic nitrogens is 3. The smallest absolute Gasteiger partial charge is 0.253 e. The summed E-state index contributed by atoms with van der Waals surface area (Å²) in [6, 6.07) is 5.41. The molecule has 7 heteroatoms. The van der Waals surface area contributed by atoms with Gasteiger partial charge in [-0.25, -0.2) is 9.97 Å². The number of pyridine rings is 1. The van der Waals surface area contributed by atoms with Crippen molar-refractivity contribution < 1.29 is 9.90 Å². The molecule has 1 amide bonds. The molecular weight excluding hydrogens is 300 g/mol. The van der Waals surface area contributed by atoms with Crippen molar-refractivity contribution in [3.63, 3.8) is 0 Å². The molecule has 0 saturated heterocycles. The summed E-state index contributed by atoms with van der Waals surface area (Å²) >= 11 is 1.46. The average Bonchev–Trinajstić information content (AvgIpc) is 3.15. The number of nitrogens with one attached hydrogen (secondary N) is 1. The van der Waals surface area contributed by atoms with Gasteiger partial charge in [0.2, 0.25) is 0 Å². The van der Waals surface area contributed by atoms with Crippen LogP contribution in [0.25, 0.3) is 11.2 Å². The summed E-state index contributed by atoms with van der Waals surface area (Å²) in [5, 5.41) is 15.0. The fourth-order valence-corrected chi connectivity index (χ4v) is 2.95. The molecule has 0 aliphatic rings. The average molecular weight is 316 g/mol. The molecule has 0 aromatic carbocycles. The van der Waals surface area contributed by atoms with E-state index in [1.807, 2.05) is 24.6 Å². The van der Waals surface area contributed by atoms with Gasteiger partial charge in [-0.2, -0.15) is 0 Å².